The number of aromatic nitrogens is 4. The highest BCUT2D eigenvalue weighted by molar-refractivity contribution is 5.88. The highest BCUT2D eigenvalue weighted by Gasteiger charge is 2.07. The topological polar surface area (TPSA) is 69.9 Å². The van der Waals surface area contributed by atoms with Gasteiger partial charge >= 0.3 is 5.97 Å². The molecule has 0 amide bonds. The summed E-state index contributed by atoms with van der Waals surface area (Å²) in [5, 5.41) is 8.18. The van der Waals surface area contributed by atoms with Gasteiger partial charge in [0.2, 0.25) is 0 Å². The maximum atomic E-state index is 11.3. The molecule has 0 saturated heterocycles. The van der Waals surface area contributed by atoms with E-state index in [-0.39, 0.29) is 0 Å². The number of rotatable bonds is 3. The molecule has 3 rings (SSSR count). The number of ether oxygens (including phenoxy) is 1. The third kappa shape index (κ3) is 2.23. The molecule has 1 aromatic carbocycles. The number of para-hydroxylation sites is 1. The van der Waals surface area contributed by atoms with Gasteiger partial charge in [-0.05, 0) is 24.3 Å². The van der Waals surface area contributed by atoms with E-state index in [4.69, 9.17) is 0 Å². The Morgan fingerprint density at radius 1 is 1.25 bits per heavy atom. The smallest absolute Gasteiger partial charge is 0.339 e. The second-order valence-corrected chi connectivity index (χ2v) is 4.27. The Morgan fingerprint density at radius 2 is 2.10 bits per heavy atom. The molecule has 0 saturated carbocycles. The van der Waals surface area contributed by atoms with Gasteiger partial charge in [0.1, 0.15) is 5.52 Å². The predicted octanol–water partition coefficient (Wildman–Crippen LogP) is 1.66. The van der Waals surface area contributed by atoms with E-state index in [1.807, 2.05) is 24.3 Å². The summed E-state index contributed by atoms with van der Waals surface area (Å²) in [6.07, 6.45) is 1.50. The van der Waals surface area contributed by atoms with E-state index in [1.54, 1.807) is 16.8 Å². The lowest BCUT2D eigenvalue weighted by Gasteiger charge is -2.03. The van der Waals surface area contributed by atoms with E-state index in [1.165, 1.54) is 13.3 Å². The van der Waals surface area contributed by atoms with Crippen LogP contribution in [0.5, 0.6) is 0 Å². The van der Waals surface area contributed by atoms with Crippen LogP contribution >= 0.6 is 0 Å². The molecule has 0 bridgehead atoms. The highest BCUT2D eigenvalue weighted by atomic mass is 16.5. The summed E-state index contributed by atoms with van der Waals surface area (Å²) in [5.74, 6) is -0.393. The highest BCUT2D eigenvalue weighted by Crippen LogP contribution is 2.11. The van der Waals surface area contributed by atoms with Crippen LogP contribution in [0.1, 0.15) is 16.1 Å². The Kier molecular flexibility index (Phi) is 3.12. The first kappa shape index (κ1) is 12.3. The monoisotopic (exact) mass is 268 g/mol. The summed E-state index contributed by atoms with van der Waals surface area (Å²) in [6, 6.07) is 11.2. The molecule has 0 fully saturated rings. The normalized spacial score (nSPS) is 10.7. The maximum absolute atomic E-state index is 11.3. The van der Waals surface area contributed by atoms with Crippen molar-refractivity contribution in [2.75, 3.05) is 7.11 Å². The van der Waals surface area contributed by atoms with E-state index in [0.717, 1.165) is 16.7 Å². The molecule has 6 heteroatoms. The van der Waals surface area contributed by atoms with Crippen molar-refractivity contribution < 1.29 is 9.53 Å². The first-order valence-electron chi connectivity index (χ1n) is 6.09. The van der Waals surface area contributed by atoms with Crippen LogP contribution in [0.3, 0.4) is 0 Å². The predicted molar refractivity (Wildman–Crippen MR) is 72.2 cm³/mol. The minimum atomic E-state index is -0.393. The number of carbonyl (C=O) groups is 1. The molecule has 0 N–H and O–H groups in total. The summed E-state index contributed by atoms with van der Waals surface area (Å²) >= 11 is 0. The minimum Gasteiger partial charge on any atom is -0.465 e. The molecule has 0 radical (unpaired) electrons. The van der Waals surface area contributed by atoms with Crippen molar-refractivity contribution in [2.24, 2.45) is 0 Å². The fourth-order valence-electron chi connectivity index (χ4n) is 1.94. The number of hydrogen-bond donors (Lipinski definition) is 0. The van der Waals surface area contributed by atoms with Gasteiger partial charge in [0.15, 0.2) is 0 Å². The lowest BCUT2D eigenvalue weighted by Crippen LogP contribution is -2.06. The fraction of sp³-hybridized carbons (Fsp3) is 0.143. The second-order valence-electron chi connectivity index (χ2n) is 4.27. The van der Waals surface area contributed by atoms with Gasteiger partial charge in [-0.25, -0.2) is 9.48 Å². The average Bonchev–Trinajstić information content (AvgIpc) is 2.91. The van der Waals surface area contributed by atoms with Gasteiger partial charge in [-0.1, -0.05) is 17.3 Å². The molecule has 6 nitrogen and oxygen atoms in total. The van der Waals surface area contributed by atoms with E-state index in [2.05, 4.69) is 20.0 Å². The molecule has 20 heavy (non-hydrogen) atoms. The second kappa shape index (κ2) is 5.08. The number of nitrogens with zero attached hydrogens (tertiary/aromatic N) is 4. The minimum absolute atomic E-state index is 0.393. The van der Waals surface area contributed by atoms with Crippen LogP contribution in [-0.2, 0) is 11.3 Å². The summed E-state index contributed by atoms with van der Waals surface area (Å²) in [6.45, 7) is 0.502. The summed E-state index contributed by atoms with van der Waals surface area (Å²) in [4.78, 5) is 15.6. The molecular formula is C14H12N4O2. The first-order valence-corrected chi connectivity index (χ1v) is 6.09. The Balaban J connectivity index is 1.86. The lowest BCUT2D eigenvalue weighted by atomic mass is 10.2. The third-order valence-corrected chi connectivity index (χ3v) is 2.98. The Labute approximate surface area is 115 Å². The third-order valence-electron chi connectivity index (χ3n) is 2.98. The van der Waals surface area contributed by atoms with E-state index in [9.17, 15) is 4.79 Å². The van der Waals surface area contributed by atoms with Crippen molar-refractivity contribution in [3.05, 3.63) is 53.9 Å². The van der Waals surface area contributed by atoms with E-state index < -0.39 is 5.97 Å². The molecule has 0 aliphatic carbocycles. The Hall–Kier alpha value is -2.76. The van der Waals surface area contributed by atoms with Gasteiger partial charge in [0.25, 0.3) is 0 Å². The molecule has 0 aliphatic heterocycles. The van der Waals surface area contributed by atoms with Gasteiger partial charge in [-0.2, -0.15) is 0 Å². The van der Waals surface area contributed by atoms with Gasteiger partial charge in [0, 0.05) is 6.20 Å². The van der Waals surface area contributed by atoms with Crippen LogP contribution in [0.25, 0.3) is 11.0 Å². The molecule has 0 aliphatic rings. The Bertz CT molecular complexity index is 749. The molecule has 0 spiro atoms. The van der Waals surface area contributed by atoms with Gasteiger partial charge in [-0.15, -0.1) is 5.10 Å². The quantitative estimate of drug-likeness (QED) is 0.676. The number of carbonyl (C=O) groups excluding carboxylic acids is 1. The van der Waals surface area contributed by atoms with Crippen LogP contribution in [0.2, 0.25) is 0 Å². The zero-order valence-electron chi connectivity index (χ0n) is 10.9. The van der Waals surface area contributed by atoms with Crippen molar-refractivity contribution in [3.8, 4) is 0 Å². The van der Waals surface area contributed by atoms with Crippen molar-refractivity contribution in [2.45, 2.75) is 6.54 Å². The zero-order valence-corrected chi connectivity index (χ0v) is 10.9. The van der Waals surface area contributed by atoms with Crippen LogP contribution in [0.15, 0.2) is 42.6 Å². The number of methoxy groups -OCH3 is 1. The van der Waals surface area contributed by atoms with Crippen molar-refractivity contribution in [1.29, 1.82) is 0 Å². The SMILES string of the molecule is COC(=O)c1ccc(Cn2nnc3ccccc32)nc1. The van der Waals surface area contributed by atoms with Crippen LogP contribution in [-0.4, -0.2) is 33.1 Å². The molecule has 3 aromatic rings. The number of benzene rings is 1. The molecule has 100 valence electrons. The van der Waals surface area contributed by atoms with Crippen molar-refractivity contribution in [1.82, 2.24) is 20.0 Å². The summed E-state index contributed by atoms with van der Waals surface area (Å²) < 4.78 is 6.41. The molecule has 0 unspecified atom stereocenters. The standard InChI is InChI=1S/C14H12N4O2/c1-20-14(19)10-6-7-11(15-8-10)9-18-13-5-3-2-4-12(13)16-17-18/h2-8H,9H2,1H3. The molecule has 2 aromatic heterocycles. The lowest BCUT2D eigenvalue weighted by molar-refractivity contribution is 0.0600. The fourth-order valence-corrected chi connectivity index (χ4v) is 1.94. The number of esters is 1. The van der Waals surface area contributed by atoms with Crippen LogP contribution in [0.4, 0.5) is 0 Å². The van der Waals surface area contributed by atoms with Gasteiger partial charge in [-0.3, -0.25) is 4.98 Å². The van der Waals surface area contributed by atoms with E-state index in [0.29, 0.717) is 12.1 Å². The van der Waals surface area contributed by atoms with Crippen molar-refractivity contribution in [3.63, 3.8) is 0 Å². The van der Waals surface area contributed by atoms with Crippen molar-refractivity contribution >= 4 is 17.0 Å². The number of pyridine rings is 1. The maximum Gasteiger partial charge on any atom is 0.339 e. The summed E-state index contributed by atoms with van der Waals surface area (Å²) in [7, 11) is 1.35. The average molecular weight is 268 g/mol. The number of hydrogen-bond acceptors (Lipinski definition) is 5. The molecule has 2 heterocycles. The largest absolute Gasteiger partial charge is 0.465 e. The molecule has 0 atom stereocenters. The zero-order chi connectivity index (χ0) is 13.9. The summed E-state index contributed by atoms with van der Waals surface area (Å²) in [5.41, 5.74) is 3.03. The first-order chi connectivity index (χ1) is 9.78. The van der Waals surface area contributed by atoms with E-state index >= 15 is 0 Å². The number of fused-ring (bicyclic) bond motifs is 1. The molecular weight excluding hydrogens is 256 g/mol. The van der Waals surface area contributed by atoms with Gasteiger partial charge < -0.3 is 4.74 Å². The Morgan fingerprint density at radius 3 is 2.85 bits per heavy atom. The van der Waals surface area contributed by atoms with Crippen LogP contribution in [0, 0.1) is 0 Å². The van der Waals surface area contributed by atoms with Gasteiger partial charge in [0.05, 0.1) is 30.4 Å². The van der Waals surface area contributed by atoms with Crippen LogP contribution < -0.4 is 0 Å².